The molecule has 0 saturated heterocycles. The van der Waals surface area contributed by atoms with Gasteiger partial charge < -0.3 is 10.5 Å². The van der Waals surface area contributed by atoms with Gasteiger partial charge in [-0.05, 0) is 24.0 Å². The quantitative estimate of drug-likeness (QED) is 0.805. The smallest absolute Gasteiger partial charge is 0.122 e. The second-order valence-corrected chi connectivity index (χ2v) is 5.02. The Morgan fingerprint density at radius 2 is 1.93 bits per heavy atom. The molecule has 15 heavy (non-hydrogen) atoms. The number of aryl methyl sites for hydroxylation is 1. The van der Waals surface area contributed by atoms with Crippen molar-refractivity contribution >= 4 is 0 Å². The van der Waals surface area contributed by atoms with Crippen molar-refractivity contribution in [2.24, 2.45) is 11.1 Å². The first-order valence-corrected chi connectivity index (χ1v) is 5.39. The summed E-state index contributed by atoms with van der Waals surface area (Å²) in [6.45, 7) is 6.56. The van der Waals surface area contributed by atoms with Crippen LogP contribution in [0.2, 0.25) is 0 Å². The van der Waals surface area contributed by atoms with E-state index in [-0.39, 0.29) is 11.5 Å². The summed E-state index contributed by atoms with van der Waals surface area (Å²) in [7, 11) is 1.72. The summed E-state index contributed by atoms with van der Waals surface area (Å²) in [6.07, 6.45) is 0. The van der Waals surface area contributed by atoms with Crippen LogP contribution >= 0.6 is 0 Å². The maximum Gasteiger partial charge on any atom is 0.122 e. The van der Waals surface area contributed by atoms with Crippen LogP contribution < -0.4 is 10.5 Å². The van der Waals surface area contributed by atoms with Crippen LogP contribution in [0.1, 0.15) is 30.9 Å². The number of ether oxygens (including phenoxy) is 1. The Morgan fingerprint density at radius 1 is 1.33 bits per heavy atom. The zero-order valence-electron chi connectivity index (χ0n) is 9.87. The SMILES string of the molecule is COc1cccc(C)c1C1C(N)C1(C)C. The largest absolute Gasteiger partial charge is 0.496 e. The van der Waals surface area contributed by atoms with Gasteiger partial charge in [0, 0.05) is 17.5 Å². The minimum atomic E-state index is 0.208. The number of methoxy groups -OCH3 is 1. The van der Waals surface area contributed by atoms with E-state index in [0.29, 0.717) is 5.92 Å². The first-order chi connectivity index (χ1) is 7.00. The highest BCUT2D eigenvalue weighted by atomic mass is 16.5. The number of rotatable bonds is 2. The van der Waals surface area contributed by atoms with Crippen LogP contribution in [-0.4, -0.2) is 13.2 Å². The van der Waals surface area contributed by atoms with Crippen molar-refractivity contribution in [1.82, 2.24) is 0 Å². The summed E-state index contributed by atoms with van der Waals surface area (Å²) in [4.78, 5) is 0. The first kappa shape index (κ1) is 10.5. The van der Waals surface area contributed by atoms with Gasteiger partial charge in [0.1, 0.15) is 5.75 Å². The molecule has 0 amide bonds. The van der Waals surface area contributed by atoms with Crippen LogP contribution in [0.5, 0.6) is 5.75 Å². The molecule has 1 aliphatic rings. The highest BCUT2D eigenvalue weighted by Crippen LogP contribution is 2.59. The van der Waals surface area contributed by atoms with Gasteiger partial charge in [-0.2, -0.15) is 0 Å². The first-order valence-electron chi connectivity index (χ1n) is 5.39. The molecule has 2 nitrogen and oxygen atoms in total. The van der Waals surface area contributed by atoms with Crippen molar-refractivity contribution in [3.05, 3.63) is 29.3 Å². The lowest BCUT2D eigenvalue weighted by Crippen LogP contribution is -2.06. The van der Waals surface area contributed by atoms with Crippen LogP contribution in [0.3, 0.4) is 0 Å². The van der Waals surface area contributed by atoms with Gasteiger partial charge in [-0.1, -0.05) is 26.0 Å². The summed E-state index contributed by atoms with van der Waals surface area (Å²) in [5.41, 5.74) is 8.89. The third-order valence-corrected chi connectivity index (χ3v) is 3.73. The summed E-state index contributed by atoms with van der Waals surface area (Å²) in [5.74, 6) is 1.41. The molecule has 0 radical (unpaired) electrons. The van der Waals surface area contributed by atoms with E-state index in [1.54, 1.807) is 7.11 Å². The Morgan fingerprint density at radius 3 is 2.40 bits per heavy atom. The van der Waals surface area contributed by atoms with Gasteiger partial charge in [0.15, 0.2) is 0 Å². The highest BCUT2D eigenvalue weighted by molar-refractivity contribution is 5.48. The van der Waals surface area contributed by atoms with Gasteiger partial charge >= 0.3 is 0 Å². The molecule has 1 aliphatic carbocycles. The molecule has 2 rings (SSSR count). The predicted molar refractivity (Wildman–Crippen MR) is 62.2 cm³/mol. The van der Waals surface area contributed by atoms with Gasteiger partial charge in [-0.25, -0.2) is 0 Å². The van der Waals surface area contributed by atoms with Crippen molar-refractivity contribution < 1.29 is 4.74 Å². The zero-order chi connectivity index (χ0) is 11.2. The second-order valence-electron chi connectivity index (χ2n) is 5.02. The van der Waals surface area contributed by atoms with Gasteiger partial charge in [-0.15, -0.1) is 0 Å². The summed E-state index contributed by atoms with van der Waals surface area (Å²) < 4.78 is 5.41. The fraction of sp³-hybridized carbons (Fsp3) is 0.538. The summed E-state index contributed by atoms with van der Waals surface area (Å²) in [6, 6.07) is 6.42. The normalized spacial score (nSPS) is 27.5. The van der Waals surface area contributed by atoms with E-state index < -0.39 is 0 Å². The standard InChI is InChI=1S/C13H19NO/c1-8-6-5-7-9(15-4)10(8)11-12(14)13(11,2)3/h5-7,11-12H,14H2,1-4H3. The van der Waals surface area contributed by atoms with Crippen LogP contribution in [0.4, 0.5) is 0 Å². The summed E-state index contributed by atoms with van der Waals surface area (Å²) >= 11 is 0. The van der Waals surface area contributed by atoms with E-state index in [1.807, 2.05) is 12.1 Å². The van der Waals surface area contributed by atoms with Gasteiger partial charge in [0.2, 0.25) is 0 Å². The molecule has 2 unspecified atom stereocenters. The molecule has 0 spiro atoms. The predicted octanol–water partition coefficient (Wildman–Crippen LogP) is 2.45. The average molecular weight is 205 g/mol. The molecule has 0 aromatic heterocycles. The third kappa shape index (κ3) is 1.44. The molecular formula is C13H19NO. The fourth-order valence-corrected chi connectivity index (χ4v) is 2.46. The lowest BCUT2D eigenvalue weighted by Gasteiger charge is -2.12. The molecule has 1 saturated carbocycles. The van der Waals surface area contributed by atoms with Crippen LogP contribution in [0, 0.1) is 12.3 Å². The number of benzene rings is 1. The number of hydrogen-bond donors (Lipinski definition) is 1. The lowest BCUT2D eigenvalue weighted by molar-refractivity contribution is 0.407. The van der Waals surface area contributed by atoms with Crippen molar-refractivity contribution in [1.29, 1.82) is 0 Å². The molecule has 1 aromatic rings. The van der Waals surface area contributed by atoms with E-state index in [2.05, 4.69) is 26.8 Å². The van der Waals surface area contributed by atoms with E-state index in [4.69, 9.17) is 10.5 Å². The minimum absolute atomic E-state index is 0.208. The van der Waals surface area contributed by atoms with Gasteiger partial charge in [-0.3, -0.25) is 0 Å². The maximum absolute atomic E-state index is 6.11. The number of hydrogen-bond acceptors (Lipinski definition) is 2. The Hall–Kier alpha value is -1.02. The fourth-order valence-electron chi connectivity index (χ4n) is 2.46. The topological polar surface area (TPSA) is 35.2 Å². The molecule has 82 valence electrons. The summed E-state index contributed by atoms with van der Waals surface area (Å²) in [5, 5.41) is 0. The third-order valence-electron chi connectivity index (χ3n) is 3.73. The highest BCUT2D eigenvalue weighted by Gasteiger charge is 2.57. The van der Waals surface area contributed by atoms with E-state index in [1.165, 1.54) is 11.1 Å². The minimum Gasteiger partial charge on any atom is -0.496 e. The number of nitrogens with two attached hydrogens (primary N) is 1. The average Bonchev–Trinajstić information content (AvgIpc) is 2.66. The van der Waals surface area contributed by atoms with Crippen molar-refractivity contribution in [2.75, 3.05) is 7.11 Å². The van der Waals surface area contributed by atoms with Gasteiger partial charge in [0.25, 0.3) is 0 Å². The molecule has 2 N–H and O–H groups in total. The van der Waals surface area contributed by atoms with Gasteiger partial charge in [0.05, 0.1) is 7.11 Å². The van der Waals surface area contributed by atoms with E-state index in [9.17, 15) is 0 Å². The molecule has 2 heteroatoms. The lowest BCUT2D eigenvalue weighted by atomic mass is 9.98. The van der Waals surface area contributed by atoms with E-state index >= 15 is 0 Å². The van der Waals surface area contributed by atoms with Crippen molar-refractivity contribution in [3.63, 3.8) is 0 Å². The van der Waals surface area contributed by atoms with Crippen molar-refractivity contribution in [3.8, 4) is 5.75 Å². The molecule has 1 aromatic carbocycles. The van der Waals surface area contributed by atoms with Crippen LogP contribution in [0.15, 0.2) is 18.2 Å². The molecule has 0 bridgehead atoms. The maximum atomic E-state index is 6.11. The molecule has 0 aliphatic heterocycles. The molecule has 2 atom stereocenters. The molecule has 0 heterocycles. The molecule has 1 fully saturated rings. The van der Waals surface area contributed by atoms with Crippen molar-refractivity contribution in [2.45, 2.75) is 32.7 Å². The van der Waals surface area contributed by atoms with Crippen LogP contribution in [0.25, 0.3) is 0 Å². The van der Waals surface area contributed by atoms with E-state index in [0.717, 1.165) is 5.75 Å². The Kier molecular flexibility index (Phi) is 2.27. The monoisotopic (exact) mass is 205 g/mol. The van der Waals surface area contributed by atoms with Crippen LogP contribution in [-0.2, 0) is 0 Å². The zero-order valence-corrected chi connectivity index (χ0v) is 9.87. The Balaban J connectivity index is 2.45. The Labute approximate surface area is 91.4 Å². The molecular weight excluding hydrogens is 186 g/mol. The second kappa shape index (κ2) is 3.24. The Bertz CT molecular complexity index is 384.